The van der Waals surface area contributed by atoms with Crippen LogP contribution in [0.4, 0.5) is 0 Å². The average Bonchev–Trinajstić information content (AvgIpc) is 3.37. The third kappa shape index (κ3) is 27.5. The molecule has 0 aromatic rings. The lowest BCUT2D eigenvalue weighted by atomic mass is 9.95. The van der Waals surface area contributed by atoms with Gasteiger partial charge in [-0.2, -0.15) is 0 Å². The second-order valence-electron chi connectivity index (χ2n) is 21.1. The molecule has 2 aliphatic rings. The SMILES string of the molecule is CCCCCCCCCCCCCCCCCCCC(O)C(=O)NC(COC1OC(CO)C(OC2OC(CO)C(O)C(O)C2NC(C)=O)C(O)C1O)C(O)C(O)CCCCCCCCCCCCCCCC. The van der Waals surface area contributed by atoms with Gasteiger partial charge in [0.1, 0.15) is 61.0 Å². The molecular formula is C55H106N2O15. The van der Waals surface area contributed by atoms with Crippen molar-refractivity contribution in [2.24, 2.45) is 0 Å². The molecule has 0 radical (unpaired) electrons. The van der Waals surface area contributed by atoms with Crippen LogP contribution in [0.25, 0.3) is 0 Å². The summed E-state index contributed by atoms with van der Waals surface area (Å²) in [5.74, 6) is -1.38. The van der Waals surface area contributed by atoms with E-state index in [1.165, 1.54) is 141 Å². The standard InChI is InChI=1S/C55H106N2O15/c1-4-6-8-10-12-14-16-18-20-21-22-24-26-28-30-32-34-36-43(62)53(68)57-41(47(63)42(61)35-33-31-29-27-25-23-19-17-15-13-11-9-7-5-2)39-69-55-51(67)50(66)52(45(38-59)71-55)72-54-46(56-40(3)60)49(65)48(64)44(37-58)70-54/h41-52,54-55,58-59,61-67H,4-39H2,1-3H3,(H,56,60)(H,57,68). The minimum Gasteiger partial charge on any atom is -0.394 e. The minimum absolute atomic E-state index is 0.203. The van der Waals surface area contributed by atoms with Gasteiger partial charge in [0.05, 0.1) is 32.0 Å². The monoisotopic (exact) mass is 1030 g/mol. The first-order valence-corrected chi connectivity index (χ1v) is 28.9. The molecule has 0 aromatic carbocycles. The van der Waals surface area contributed by atoms with Gasteiger partial charge in [0.15, 0.2) is 12.6 Å². The molecule has 17 nitrogen and oxygen atoms in total. The Kier molecular flexibility index (Phi) is 38.4. The molecule has 2 aliphatic heterocycles. The highest BCUT2D eigenvalue weighted by molar-refractivity contribution is 5.80. The third-order valence-corrected chi connectivity index (χ3v) is 14.7. The zero-order valence-electron chi connectivity index (χ0n) is 45.0. The van der Waals surface area contributed by atoms with Crippen molar-refractivity contribution >= 4 is 11.8 Å². The van der Waals surface area contributed by atoms with Crippen molar-refractivity contribution < 1.29 is 74.5 Å². The van der Waals surface area contributed by atoms with E-state index in [1.807, 2.05) is 0 Å². The second-order valence-corrected chi connectivity index (χ2v) is 21.1. The molecule has 72 heavy (non-hydrogen) atoms. The third-order valence-electron chi connectivity index (χ3n) is 14.7. The first kappa shape index (κ1) is 66.5. The molecule has 2 fully saturated rings. The Hall–Kier alpha value is -1.58. The summed E-state index contributed by atoms with van der Waals surface area (Å²) in [6.45, 7) is 3.59. The summed E-state index contributed by atoms with van der Waals surface area (Å²) < 4.78 is 23.2. The highest BCUT2D eigenvalue weighted by atomic mass is 16.7. The Bertz CT molecular complexity index is 1320. The Balaban J connectivity index is 1.92. The molecular weight excluding hydrogens is 929 g/mol. The van der Waals surface area contributed by atoms with E-state index in [9.17, 15) is 55.5 Å². The van der Waals surface area contributed by atoms with Crippen molar-refractivity contribution in [3.63, 3.8) is 0 Å². The predicted octanol–water partition coefficient (Wildman–Crippen LogP) is 6.25. The summed E-state index contributed by atoms with van der Waals surface area (Å²) in [6, 6.07) is -2.67. The number of nitrogens with one attached hydrogen (secondary N) is 2. The molecule has 0 aromatic heterocycles. The van der Waals surface area contributed by atoms with E-state index in [2.05, 4.69) is 24.5 Å². The second kappa shape index (κ2) is 41.6. The normalized spacial score (nSPS) is 26.3. The van der Waals surface area contributed by atoms with E-state index in [-0.39, 0.29) is 12.8 Å². The van der Waals surface area contributed by atoms with Crippen LogP contribution >= 0.6 is 0 Å². The zero-order chi connectivity index (χ0) is 52.9. The fourth-order valence-corrected chi connectivity index (χ4v) is 9.98. The molecule has 2 heterocycles. The average molecular weight is 1040 g/mol. The zero-order valence-corrected chi connectivity index (χ0v) is 45.0. The number of amides is 2. The summed E-state index contributed by atoms with van der Waals surface area (Å²) >= 11 is 0. The van der Waals surface area contributed by atoms with Gasteiger partial charge in [-0.15, -0.1) is 0 Å². The van der Waals surface area contributed by atoms with Gasteiger partial charge in [-0.05, 0) is 12.8 Å². The largest absolute Gasteiger partial charge is 0.394 e. The van der Waals surface area contributed by atoms with Gasteiger partial charge in [-0.25, -0.2) is 0 Å². The molecule has 0 saturated carbocycles. The van der Waals surface area contributed by atoms with Gasteiger partial charge < -0.3 is 75.5 Å². The smallest absolute Gasteiger partial charge is 0.249 e. The fourth-order valence-electron chi connectivity index (χ4n) is 9.98. The maximum atomic E-state index is 13.4. The van der Waals surface area contributed by atoms with Gasteiger partial charge in [0.25, 0.3) is 0 Å². The van der Waals surface area contributed by atoms with E-state index in [4.69, 9.17) is 18.9 Å². The summed E-state index contributed by atoms with van der Waals surface area (Å²) in [5, 5.41) is 102. The summed E-state index contributed by atoms with van der Waals surface area (Å²) in [5.41, 5.74) is 0. The molecule has 14 unspecified atom stereocenters. The lowest BCUT2D eigenvalue weighted by molar-refractivity contribution is -0.347. The maximum Gasteiger partial charge on any atom is 0.249 e. The van der Waals surface area contributed by atoms with Crippen LogP contribution in [0, 0.1) is 0 Å². The molecule has 0 bridgehead atoms. The van der Waals surface area contributed by atoms with Crippen molar-refractivity contribution in [3.8, 4) is 0 Å². The van der Waals surface area contributed by atoms with Crippen LogP contribution in [0.15, 0.2) is 0 Å². The van der Waals surface area contributed by atoms with Crippen molar-refractivity contribution in [1.82, 2.24) is 10.6 Å². The number of aliphatic hydroxyl groups is 9. The van der Waals surface area contributed by atoms with E-state index in [0.717, 1.165) is 51.9 Å². The van der Waals surface area contributed by atoms with Gasteiger partial charge >= 0.3 is 0 Å². The molecule has 426 valence electrons. The van der Waals surface area contributed by atoms with E-state index in [0.29, 0.717) is 12.8 Å². The lowest BCUT2D eigenvalue weighted by Gasteiger charge is -2.47. The number of carbonyl (C=O) groups excluding carboxylic acids is 2. The highest BCUT2D eigenvalue weighted by Gasteiger charge is 2.51. The van der Waals surface area contributed by atoms with Gasteiger partial charge in [0.2, 0.25) is 11.8 Å². The Morgan fingerprint density at radius 3 is 1.33 bits per heavy atom. The summed E-state index contributed by atoms with van der Waals surface area (Å²) in [7, 11) is 0. The molecule has 2 saturated heterocycles. The quantitative estimate of drug-likeness (QED) is 0.0301. The number of aliphatic hydroxyl groups excluding tert-OH is 9. The summed E-state index contributed by atoms with van der Waals surface area (Å²) in [6.07, 6.45) is 18.7. The van der Waals surface area contributed by atoms with Crippen LogP contribution in [0.5, 0.6) is 0 Å². The first-order valence-electron chi connectivity index (χ1n) is 28.9. The lowest BCUT2D eigenvalue weighted by Crippen LogP contribution is -2.67. The molecule has 0 aliphatic carbocycles. The van der Waals surface area contributed by atoms with E-state index in [1.54, 1.807) is 0 Å². The number of hydrogen-bond acceptors (Lipinski definition) is 15. The van der Waals surface area contributed by atoms with Crippen molar-refractivity contribution in [2.45, 2.75) is 318 Å². The Morgan fingerprint density at radius 1 is 0.514 bits per heavy atom. The van der Waals surface area contributed by atoms with Crippen molar-refractivity contribution in [1.29, 1.82) is 0 Å². The Morgan fingerprint density at radius 2 is 0.917 bits per heavy atom. The van der Waals surface area contributed by atoms with Crippen LogP contribution < -0.4 is 10.6 Å². The van der Waals surface area contributed by atoms with Gasteiger partial charge in [-0.3, -0.25) is 9.59 Å². The van der Waals surface area contributed by atoms with Crippen molar-refractivity contribution in [2.75, 3.05) is 19.8 Å². The number of hydrogen-bond donors (Lipinski definition) is 11. The number of rotatable bonds is 45. The van der Waals surface area contributed by atoms with E-state index >= 15 is 0 Å². The molecule has 0 spiro atoms. The first-order chi connectivity index (χ1) is 34.8. The summed E-state index contributed by atoms with van der Waals surface area (Å²) in [4.78, 5) is 25.4. The molecule has 11 N–H and O–H groups in total. The molecule has 2 rings (SSSR count). The van der Waals surface area contributed by atoms with Crippen molar-refractivity contribution in [3.05, 3.63) is 0 Å². The number of carbonyl (C=O) groups is 2. The van der Waals surface area contributed by atoms with Crippen LogP contribution in [0.3, 0.4) is 0 Å². The van der Waals surface area contributed by atoms with Crippen LogP contribution in [-0.4, -0.2) is 163 Å². The van der Waals surface area contributed by atoms with Gasteiger partial charge in [0, 0.05) is 6.92 Å². The Labute approximate surface area is 433 Å². The molecule has 17 heteroatoms. The maximum absolute atomic E-state index is 13.4. The van der Waals surface area contributed by atoms with Crippen LogP contribution in [-0.2, 0) is 28.5 Å². The van der Waals surface area contributed by atoms with Gasteiger partial charge in [-0.1, -0.05) is 213 Å². The van der Waals surface area contributed by atoms with E-state index < -0.39 is 117 Å². The molecule has 2 amide bonds. The number of unbranched alkanes of at least 4 members (excludes halogenated alkanes) is 29. The predicted molar refractivity (Wildman–Crippen MR) is 278 cm³/mol. The van der Waals surface area contributed by atoms with Crippen LogP contribution in [0.2, 0.25) is 0 Å². The minimum atomic E-state index is -1.86. The molecule has 14 atom stereocenters. The topological polar surface area (TPSA) is 277 Å². The van der Waals surface area contributed by atoms with Crippen LogP contribution in [0.1, 0.15) is 233 Å². The highest BCUT2D eigenvalue weighted by Crippen LogP contribution is 2.30. The number of ether oxygens (including phenoxy) is 4. The fraction of sp³-hybridized carbons (Fsp3) is 0.964.